The number of urea groups is 1. The molecule has 2 rings (SSSR count). The van der Waals surface area contributed by atoms with E-state index < -0.39 is 60.5 Å². The van der Waals surface area contributed by atoms with Crippen molar-refractivity contribution in [3.05, 3.63) is 24.0 Å². The molecule has 172 valence electrons. The van der Waals surface area contributed by atoms with Gasteiger partial charge in [-0.3, -0.25) is 4.52 Å². The summed E-state index contributed by atoms with van der Waals surface area (Å²) in [5, 5.41) is 22.7. The number of hydrogen-bond donors (Lipinski definition) is 7. The van der Waals surface area contributed by atoms with Gasteiger partial charge in [-0.15, -0.1) is 0 Å². The fraction of sp³-hybridized carbons (Fsp3) is 0.545. The number of aliphatic hydroxyl groups excluding tert-OH is 2. The Morgan fingerprint density at radius 2 is 1.73 bits per heavy atom. The average molecular weight is 496 g/mol. The molecule has 0 saturated carbocycles. The van der Waals surface area contributed by atoms with E-state index >= 15 is 0 Å². The van der Waals surface area contributed by atoms with E-state index in [1.54, 1.807) is 0 Å². The third kappa shape index (κ3) is 6.52. The van der Waals surface area contributed by atoms with Gasteiger partial charge in [0, 0.05) is 24.5 Å². The second-order valence-corrected chi connectivity index (χ2v) is 10.5. The normalized spacial score (nSPS) is 31.7. The summed E-state index contributed by atoms with van der Waals surface area (Å²) in [4.78, 5) is 48.1. The van der Waals surface area contributed by atoms with E-state index in [9.17, 15) is 33.6 Å². The SMILES string of the molecule is C=C1NC(=O)N(C)C=C1[C@@H]1O[C@H](COP(=O)(O)OP(=O)(O)OP(=O)(O)O)C(O)[C@@H]1O. The molecule has 0 aromatic rings. The van der Waals surface area contributed by atoms with Crippen LogP contribution in [0, 0.1) is 0 Å². The first kappa shape index (κ1) is 25.3. The summed E-state index contributed by atoms with van der Waals surface area (Å²) in [6.07, 6.45) is -4.65. The highest BCUT2D eigenvalue weighted by Gasteiger charge is 2.47. The number of phosphoric ester groups is 1. The number of carbonyl (C=O) groups is 1. The molecule has 30 heavy (non-hydrogen) atoms. The van der Waals surface area contributed by atoms with E-state index in [1.165, 1.54) is 13.2 Å². The van der Waals surface area contributed by atoms with Gasteiger partial charge in [0.15, 0.2) is 0 Å². The van der Waals surface area contributed by atoms with Crippen LogP contribution in [-0.4, -0.2) is 78.8 Å². The van der Waals surface area contributed by atoms with Crippen LogP contribution in [0.2, 0.25) is 0 Å². The predicted molar refractivity (Wildman–Crippen MR) is 94.0 cm³/mol. The highest BCUT2D eigenvalue weighted by Crippen LogP contribution is 2.66. The monoisotopic (exact) mass is 496 g/mol. The van der Waals surface area contributed by atoms with Crippen LogP contribution in [0.15, 0.2) is 24.0 Å². The smallest absolute Gasteiger partial charge is 0.387 e. The minimum atomic E-state index is -5.70. The summed E-state index contributed by atoms with van der Waals surface area (Å²) >= 11 is 0. The molecule has 2 heterocycles. The van der Waals surface area contributed by atoms with Crippen LogP contribution in [0.4, 0.5) is 4.79 Å². The Labute approximate surface area is 168 Å². The number of phosphoric acid groups is 3. The quantitative estimate of drug-likeness (QED) is 0.197. The Morgan fingerprint density at radius 3 is 2.30 bits per heavy atom. The molecule has 0 bridgehead atoms. The predicted octanol–water partition coefficient (Wildman–Crippen LogP) is -1.13. The van der Waals surface area contributed by atoms with E-state index in [0.717, 1.165) is 4.90 Å². The number of ether oxygens (including phenoxy) is 1. The van der Waals surface area contributed by atoms with Crippen molar-refractivity contribution in [2.24, 2.45) is 0 Å². The number of rotatable bonds is 8. The van der Waals surface area contributed by atoms with Gasteiger partial charge in [0.05, 0.1) is 6.61 Å². The number of nitrogens with one attached hydrogen (secondary N) is 1. The second kappa shape index (κ2) is 8.88. The Morgan fingerprint density at radius 1 is 1.13 bits per heavy atom. The Kier molecular flexibility index (Phi) is 7.49. The van der Waals surface area contributed by atoms with Crippen LogP contribution >= 0.6 is 23.5 Å². The lowest BCUT2D eigenvalue weighted by atomic mass is 9.99. The molecule has 0 aromatic carbocycles. The third-order valence-corrected chi connectivity index (χ3v) is 7.55. The zero-order chi connectivity index (χ0) is 23.1. The van der Waals surface area contributed by atoms with Gasteiger partial charge in [-0.1, -0.05) is 6.58 Å². The van der Waals surface area contributed by atoms with Crippen LogP contribution in [0.1, 0.15) is 0 Å². The first-order valence-corrected chi connectivity index (χ1v) is 12.3. The summed E-state index contributed by atoms with van der Waals surface area (Å²) in [5.41, 5.74) is 0.257. The second-order valence-electron chi connectivity index (χ2n) is 6.07. The highest BCUT2D eigenvalue weighted by molar-refractivity contribution is 7.66. The number of carbonyl (C=O) groups excluding carboxylic acids is 1. The van der Waals surface area contributed by atoms with E-state index in [4.69, 9.17) is 19.4 Å². The average Bonchev–Trinajstić information content (AvgIpc) is 2.81. The van der Waals surface area contributed by atoms with Crippen molar-refractivity contribution in [3.8, 4) is 0 Å². The van der Waals surface area contributed by atoms with Gasteiger partial charge in [-0.2, -0.15) is 8.62 Å². The van der Waals surface area contributed by atoms with Crippen molar-refractivity contribution >= 4 is 29.5 Å². The van der Waals surface area contributed by atoms with Gasteiger partial charge >= 0.3 is 29.5 Å². The molecular weight excluding hydrogens is 477 g/mol. The molecule has 6 atom stereocenters. The lowest BCUT2D eigenvalue weighted by Crippen LogP contribution is -2.42. The minimum absolute atomic E-state index is 0.0721. The number of hydrogen-bond acceptors (Lipinski definition) is 10. The molecule has 2 aliphatic rings. The number of aliphatic hydroxyl groups is 2. The zero-order valence-corrected chi connectivity index (χ0v) is 17.7. The zero-order valence-electron chi connectivity index (χ0n) is 15.0. The molecule has 2 amide bonds. The molecule has 19 heteroatoms. The van der Waals surface area contributed by atoms with Gasteiger partial charge < -0.3 is 44.7 Å². The van der Waals surface area contributed by atoms with E-state index in [1.807, 2.05) is 0 Å². The molecule has 0 radical (unpaired) electrons. The van der Waals surface area contributed by atoms with Crippen LogP contribution in [0.5, 0.6) is 0 Å². The van der Waals surface area contributed by atoms with Crippen molar-refractivity contribution in [3.63, 3.8) is 0 Å². The lowest BCUT2D eigenvalue weighted by Gasteiger charge is -2.28. The molecule has 0 spiro atoms. The van der Waals surface area contributed by atoms with Crippen molar-refractivity contribution < 1.29 is 66.2 Å². The van der Waals surface area contributed by atoms with E-state index in [0.29, 0.717) is 0 Å². The standard InChI is InChI=1S/C11H19N2O14P3/c1-5-6(3-13(2)11(16)12-5)10-9(15)8(14)7(25-10)4-24-29(20,21)27-30(22,23)26-28(17,18)19/h3,7-10,14-15H,1,4H2,2H3,(H,12,16)(H,20,21)(H,22,23)(H2,17,18,19)/t7-,8?,9+,10+/m1/s1. The Hall–Kier alpha value is -0.960. The molecule has 1 saturated heterocycles. The van der Waals surface area contributed by atoms with Crippen LogP contribution in [0.3, 0.4) is 0 Å². The van der Waals surface area contributed by atoms with Gasteiger partial charge in [0.25, 0.3) is 0 Å². The molecular formula is C11H19N2O14P3. The minimum Gasteiger partial charge on any atom is -0.387 e. The van der Waals surface area contributed by atoms with Crippen molar-refractivity contribution in [1.82, 2.24) is 10.2 Å². The molecule has 3 unspecified atom stereocenters. The van der Waals surface area contributed by atoms with Gasteiger partial charge in [-0.25, -0.2) is 18.5 Å². The summed E-state index contributed by atoms with van der Waals surface area (Å²) in [6.45, 7) is 2.63. The fourth-order valence-electron chi connectivity index (χ4n) is 2.49. The molecule has 1 fully saturated rings. The Bertz CT molecular complexity index is 884. The van der Waals surface area contributed by atoms with Crippen LogP contribution in [-0.2, 0) is 31.6 Å². The summed E-state index contributed by atoms with van der Waals surface area (Å²) in [7, 11) is -15.3. The van der Waals surface area contributed by atoms with Gasteiger partial charge in [0.2, 0.25) is 0 Å². The van der Waals surface area contributed by atoms with Crippen molar-refractivity contribution in [2.75, 3.05) is 13.7 Å². The Balaban J connectivity index is 2.04. The lowest BCUT2D eigenvalue weighted by molar-refractivity contribution is -0.0137. The molecule has 16 nitrogen and oxygen atoms in total. The molecule has 2 aliphatic heterocycles. The molecule has 0 aliphatic carbocycles. The summed E-state index contributed by atoms with van der Waals surface area (Å²) in [6, 6.07) is -0.513. The topological polar surface area (TPSA) is 242 Å². The number of amides is 2. The molecule has 7 N–H and O–H groups in total. The van der Waals surface area contributed by atoms with Gasteiger partial charge in [0.1, 0.15) is 24.4 Å². The first-order valence-electron chi connectivity index (χ1n) is 7.76. The van der Waals surface area contributed by atoms with E-state index in [2.05, 4.69) is 25.0 Å². The first-order chi connectivity index (χ1) is 13.5. The highest BCUT2D eigenvalue weighted by atomic mass is 31.3. The van der Waals surface area contributed by atoms with Crippen molar-refractivity contribution in [2.45, 2.75) is 24.4 Å². The van der Waals surface area contributed by atoms with Crippen molar-refractivity contribution in [1.29, 1.82) is 0 Å². The fourth-order valence-corrected chi connectivity index (χ4v) is 5.52. The van der Waals surface area contributed by atoms with E-state index in [-0.39, 0.29) is 11.3 Å². The maximum atomic E-state index is 11.7. The maximum Gasteiger partial charge on any atom is 0.490 e. The molecule has 0 aromatic heterocycles. The summed E-state index contributed by atoms with van der Waals surface area (Å²) in [5.74, 6) is 0. The largest absolute Gasteiger partial charge is 0.490 e. The van der Waals surface area contributed by atoms with Crippen LogP contribution < -0.4 is 5.32 Å². The third-order valence-electron chi connectivity index (χ3n) is 3.75. The van der Waals surface area contributed by atoms with Gasteiger partial charge in [-0.05, 0) is 0 Å². The number of nitrogens with zero attached hydrogens (tertiary/aromatic N) is 1. The summed E-state index contributed by atoms with van der Waals surface area (Å²) < 4.78 is 50.5. The maximum absolute atomic E-state index is 11.7. The van der Waals surface area contributed by atoms with Crippen LogP contribution in [0.25, 0.3) is 0 Å².